The second-order valence-electron chi connectivity index (χ2n) is 10.5. The summed E-state index contributed by atoms with van der Waals surface area (Å²) in [5, 5.41) is 13.9. The molecule has 2 heterocycles. The van der Waals surface area contributed by atoms with E-state index >= 15 is 0 Å². The Labute approximate surface area is 216 Å². The van der Waals surface area contributed by atoms with E-state index in [2.05, 4.69) is 5.32 Å². The third kappa shape index (κ3) is 4.66. The molecule has 0 radical (unpaired) electrons. The van der Waals surface area contributed by atoms with Gasteiger partial charge >= 0.3 is 11.9 Å². The fraction of sp³-hybridized carbons (Fsp3) is 0.448. The number of carbonyl (C=O) groups is 4. The second-order valence-corrected chi connectivity index (χ2v) is 10.5. The largest absolute Gasteiger partial charge is 0.480 e. The standard InChI is InChI=1S/C29H32N2O6/c1-18(32)37-22-14-12-21(13-15-22)25-23-24(27(34)31(26(23)33)17-20-10-6-3-7-11-20)29(30-25,28(35)36)16-19-8-4-2-5-9-19/h3,6-7,10-15,19,23-25,30H,2,4-5,8-9,16-17H2,1H3,(H,35,36). The molecule has 4 unspecified atom stereocenters. The van der Waals surface area contributed by atoms with Gasteiger partial charge in [-0.1, -0.05) is 74.6 Å². The summed E-state index contributed by atoms with van der Waals surface area (Å²) in [6.07, 6.45) is 5.38. The van der Waals surface area contributed by atoms with Gasteiger partial charge < -0.3 is 9.84 Å². The number of nitrogens with one attached hydrogen (secondary N) is 1. The molecule has 0 spiro atoms. The van der Waals surface area contributed by atoms with Gasteiger partial charge in [-0.3, -0.25) is 29.4 Å². The van der Waals surface area contributed by atoms with Gasteiger partial charge in [0, 0.05) is 13.0 Å². The molecule has 5 rings (SSSR count). The number of esters is 1. The number of carboxylic acids is 1. The first-order valence-electron chi connectivity index (χ1n) is 13.0. The van der Waals surface area contributed by atoms with Crippen LogP contribution in [0.3, 0.4) is 0 Å². The van der Waals surface area contributed by atoms with Crippen molar-refractivity contribution < 1.29 is 29.0 Å². The van der Waals surface area contributed by atoms with Crippen molar-refractivity contribution in [3.63, 3.8) is 0 Å². The summed E-state index contributed by atoms with van der Waals surface area (Å²) in [6, 6.07) is 15.3. The molecule has 0 aromatic heterocycles. The monoisotopic (exact) mass is 504 g/mol. The van der Waals surface area contributed by atoms with Crippen molar-refractivity contribution in [2.24, 2.45) is 17.8 Å². The van der Waals surface area contributed by atoms with E-state index in [1.54, 1.807) is 24.3 Å². The van der Waals surface area contributed by atoms with Gasteiger partial charge in [-0.15, -0.1) is 0 Å². The lowest BCUT2D eigenvalue weighted by Gasteiger charge is -2.35. The molecule has 3 fully saturated rings. The van der Waals surface area contributed by atoms with Crippen LogP contribution in [0.5, 0.6) is 5.75 Å². The van der Waals surface area contributed by atoms with Crippen LogP contribution in [0.1, 0.15) is 62.6 Å². The number of imide groups is 1. The highest BCUT2D eigenvalue weighted by Crippen LogP contribution is 2.52. The zero-order valence-corrected chi connectivity index (χ0v) is 20.9. The van der Waals surface area contributed by atoms with Crippen molar-refractivity contribution in [3.8, 4) is 5.75 Å². The van der Waals surface area contributed by atoms with Crippen LogP contribution >= 0.6 is 0 Å². The van der Waals surface area contributed by atoms with E-state index in [9.17, 15) is 24.3 Å². The molecule has 8 nitrogen and oxygen atoms in total. The SMILES string of the molecule is CC(=O)Oc1ccc(C2NC(CC3CCCCC3)(C(=O)O)C3C(=O)N(Cc4ccccc4)C(=O)C23)cc1. The Hall–Kier alpha value is -3.52. The molecule has 2 aliphatic heterocycles. The molecule has 2 N–H and O–H groups in total. The maximum absolute atomic E-state index is 13.9. The Morgan fingerprint density at radius 2 is 1.68 bits per heavy atom. The Morgan fingerprint density at radius 3 is 2.30 bits per heavy atom. The van der Waals surface area contributed by atoms with Crippen LogP contribution in [-0.2, 0) is 25.7 Å². The zero-order valence-electron chi connectivity index (χ0n) is 20.9. The van der Waals surface area contributed by atoms with Crippen LogP contribution in [0, 0.1) is 17.8 Å². The van der Waals surface area contributed by atoms with Gasteiger partial charge in [-0.05, 0) is 35.6 Å². The van der Waals surface area contributed by atoms with Gasteiger partial charge in [0.25, 0.3) is 0 Å². The van der Waals surface area contributed by atoms with Crippen molar-refractivity contribution in [1.29, 1.82) is 0 Å². The zero-order chi connectivity index (χ0) is 26.2. The average molecular weight is 505 g/mol. The first kappa shape index (κ1) is 25.1. The minimum atomic E-state index is -1.54. The normalized spacial score (nSPS) is 27.8. The van der Waals surface area contributed by atoms with Gasteiger partial charge in [0.05, 0.1) is 18.4 Å². The van der Waals surface area contributed by atoms with Crippen molar-refractivity contribution >= 4 is 23.8 Å². The molecular weight excluding hydrogens is 472 g/mol. The van der Waals surface area contributed by atoms with E-state index in [1.807, 2.05) is 30.3 Å². The molecule has 8 heteroatoms. The molecule has 3 aliphatic rings. The first-order valence-corrected chi connectivity index (χ1v) is 13.0. The topological polar surface area (TPSA) is 113 Å². The predicted molar refractivity (Wildman–Crippen MR) is 134 cm³/mol. The van der Waals surface area contributed by atoms with Crippen LogP contribution < -0.4 is 10.1 Å². The van der Waals surface area contributed by atoms with Gasteiger partial charge in [-0.25, -0.2) is 0 Å². The lowest BCUT2D eigenvalue weighted by molar-refractivity contribution is -0.152. The fourth-order valence-corrected chi connectivity index (χ4v) is 6.50. The highest BCUT2D eigenvalue weighted by atomic mass is 16.5. The van der Waals surface area contributed by atoms with Crippen molar-refractivity contribution in [1.82, 2.24) is 10.2 Å². The molecule has 1 saturated carbocycles. The summed E-state index contributed by atoms with van der Waals surface area (Å²) < 4.78 is 5.14. The summed E-state index contributed by atoms with van der Waals surface area (Å²) in [4.78, 5) is 53.2. The van der Waals surface area contributed by atoms with Gasteiger partial charge in [0.15, 0.2) is 0 Å². The molecule has 0 bridgehead atoms. The molecular formula is C29H32N2O6. The number of hydrogen-bond acceptors (Lipinski definition) is 6. The molecule has 2 aromatic carbocycles. The molecule has 2 saturated heterocycles. The third-order valence-corrected chi connectivity index (χ3v) is 8.15. The fourth-order valence-electron chi connectivity index (χ4n) is 6.50. The number of hydrogen-bond donors (Lipinski definition) is 2. The first-order chi connectivity index (χ1) is 17.8. The van der Waals surface area contributed by atoms with Crippen molar-refractivity contribution in [2.75, 3.05) is 0 Å². The number of fused-ring (bicyclic) bond motifs is 1. The van der Waals surface area contributed by atoms with E-state index in [0.29, 0.717) is 17.7 Å². The number of amides is 2. The third-order valence-electron chi connectivity index (χ3n) is 8.15. The summed E-state index contributed by atoms with van der Waals surface area (Å²) in [5.41, 5.74) is -0.0441. The Kier molecular flexibility index (Phi) is 6.86. The Balaban J connectivity index is 1.53. The smallest absolute Gasteiger partial charge is 0.324 e. The number of rotatable bonds is 7. The van der Waals surface area contributed by atoms with Crippen molar-refractivity contribution in [2.45, 2.75) is 63.6 Å². The predicted octanol–water partition coefficient (Wildman–Crippen LogP) is 3.85. The Bertz CT molecular complexity index is 1190. The van der Waals surface area contributed by atoms with Crippen LogP contribution in [-0.4, -0.2) is 39.3 Å². The number of ether oxygens (including phenoxy) is 1. The molecule has 1 aliphatic carbocycles. The number of nitrogens with zero attached hydrogens (tertiary/aromatic N) is 1. The molecule has 4 atom stereocenters. The van der Waals surface area contributed by atoms with Gasteiger partial charge in [-0.2, -0.15) is 0 Å². The maximum Gasteiger partial charge on any atom is 0.324 e. The summed E-state index contributed by atoms with van der Waals surface area (Å²) >= 11 is 0. The molecule has 2 aromatic rings. The lowest BCUT2D eigenvalue weighted by Crippen LogP contribution is -2.56. The maximum atomic E-state index is 13.9. The van der Waals surface area contributed by atoms with Gasteiger partial charge in [0.1, 0.15) is 11.3 Å². The van der Waals surface area contributed by atoms with E-state index < -0.39 is 41.3 Å². The minimum Gasteiger partial charge on any atom is -0.480 e. The number of benzene rings is 2. The number of carboxylic acid groups (broad SMARTS) is 1. The van der Waals surface area contributed by atoms with Crippen molar-refractivity contribution in [3.05, 3.63) is 65.7 Å². The highest BCUT2D eigenvalue weighted by Gasteiger charge is 2.68. The summed E-state index contributed by atoms with van der Waals surface area (Å²) in [5.74, 6) is -3.62. The van der Waals surface area contributed by atoms with E-state index in [-0.39, 0.29) is 18.4 Å². The quantitative estimate of drug-likeness (QED) is 0.335. The van der Waals surface area contributed by atoms with E-state index in [4.69, 9.17) is 4.74 Å². The van der Waals surface area contributed by atoms with Crippen LogP contribution in [0.4, 0.5) is 0 Å². The summed E-state index contributed by atoms with van der Waals surface area (Å²) in [7, 11) is 0. The second kappa shape index (κ2) is 10.1. The highest BCUT2D eigenvalue weighted by molar-refractivity contribution is 6.09. The van der Waals surface area contributed by atoms with E-state index in [0.717, 1.165) is 37.7 Å². The number of aliphatic carboxylic acids is 1. The minimum absolute atomic E-state index is 0.114. The van der Waals surface area contributed by atoms with E-state index in [1.165, 1.54) is 11.8 Å². The van der Waals surface area contributed by atoms with Crippen LogP contribution in [0.15, 0.2) is 54.6 Å². The van der Waals surface area contributed by atoms with Crippen LogP contribution in [0.2, 0.25) is 0 Å². The Morgan fingerprint density at radius 1 is 1.00 bits per heavy atom. The van der Waals surface area contributed by atoms with Crippen LogP contribution in [0.25, 0.3) is 0 Å². The lowest BCUT2D eigenvalue weighted by atomic mass is 9.72. The average Bonchev–Trinajstić information content (AvgIpc) is 3.35. The molecule has 194 valence electrons. The number of likely N-dealkylation sites (tertiary alicyclic amines) is 1. The summed E-state index contributed by atoms with van der Waals surface area (Å²) in [6.45, 7) is 1.43. The molecule has 37 heavy (non-hydrogen) atoms. The molecule has 2 amide bonds. The van der Waals surface area contributed by atoms with Gasteiger partial charge in [0.2, 0.25) is 11.8 Å². The number of carbonyl (C=O) groups excluding carboxylic acids is 3.